The van der Waals surface area contributed by atoms with Crippen LogP contribution in [0.3, 0.4) is 0 Å². The third-order valence-corrected chi connectivity index (χ3v) is 0.423. The van der Waals surface area contributed by atoms with E-state index >= 15 is 0 Å². The lowest BCUT2D eigenvalue weighted by Gasteiger charge is -1.74. The van der Waals surface area contributed by atoms with Crippen molar-refractivity contribution >= 4 is 30.6 Å². The molecule has 0 aromatic carbocycles. The Kier molecular flexibility index (Phi) is 4.46. The minimum Gasteiger partial charge on any atom is -0.439 e. The molecule has 0 aromatic heterocycles. The molecule has 0 unspecified atom stereocenters. The summed E-state index contributed by atoms with van der Waals surface area (Å²) in [5.74, 6) is 0. The van der Waals surface area contributed by atoms with Gasteiger partial charge in [0.15, 0.2) is 0 Å². The van der Waals surface area contributed by atoms with Gasteiger partial charge in [0.1, 0.15) is 0 Å². The van der Waals surface area contributed by atoms with Crippen LogP contribution in [0.4, 0.5) is 0 Å². The highest BCUT2D eigenvalue weighted by molar-refractivity contribution is 14.1. The molecule has 0 rings (SSSR count). The lowest BCUT2D eigenvalue weighted by Crippen LogP contribution is -1.71. The van der Waals surface area contributed by atoms with Crippen molar-refractivity contribution in [1.82, 2.24) is 0 Å². The Labute approximate surface area is 40.3 Å². The average Bonchev–Trinajstić information content (AvgIpc) is 1.37. The second kappa shape index (κ2) is 3.75. The number of rotatable bonds is 1. The Hall–Kier alpha value is 0.755. The zero-order chi connectivity index (χ0) is 3.41. The van der Waals surface area contributed by atoms with Crippen molar-refractivity contribution < 1.29 is 4.65 Å². The predicted molar refractivity (Wildman–Crippen MR) is 25.7 cm³/mol. The molecule has 0 saturated heterocycles. The molecule has 2 radical (unpaired) electrons. The summed E-state index contributed by atoms with van der Waals surface area (Å²) in [6, 6.07) is 0. The molecular weight excluding hydrogens is 166 g/mol. The van der Waals surface area contributed by atoms with Gasteiger partial charge in [0.25, 0.3) is 8.05 Å². The fourth-order valence-corrected chi connectivity index (χ4v) is 0. The number of hydrogen-bond donors (Lipinski definition) is 0. The van der Waals surface area contributed by atoms with Gasteiger partial charge in [-0.1, -0.05) is 22.6 Å². The molecule has 0 heterocycles. The quantitative estimate of drug-likeness (QED) is 0.314. The molecule has 0 spiro atoms. The molecule has 3 heteroatoms. The maximum Gasteiger partial charge on any atom is 0.283 e. The Morgan fingerprint density at radius 3 is 2.25 bits per heavy atom. The minimum atomic E-state index is 0.567. The van der Waals surface area contributed by atoms with E-state index in [1.165, 1.54) is 0 Å². The van der Waals surface area contributed by atoms with E-state index in [-0.39, 0.29) is 0 Å². The SMILES string of the molecule is [B]OCI. The monoisotopic (exact) mass is 168 g/mol. The zero-order valence-electron chi connectivity index (χ0n) is 2.07. The normalized spacial score (nSPS) is 7.25. The van der Waals surface area contributed by atoms with Gasteiger partial charge in [0, 0.05) is 0 Å². The molecule has 0 amide bonds. The smallest absolute Gasteiger partial charge is 0.283 e. The zero-order valence-corrected chi connectivity index (χ0v) is 4.23. The lowest BCUT2D eigenvalue weighted by molar-refractivity contribution is 0.448. The van der Waals surface area contributed by atoms with E-state index in [2.05, 4.69) is 12.7 Å². The van der Waals surface area contributed by atoms with E-state index in [0.717, 1.165) is 0 Å². The van der Waals surface area contributed by atoms with Gasteiger partial charge in [0.05, 0.1) is 4.61 Å². The van der Waals surface area contributed by atoms with Crippen LogP contribution in [0.5, 0.6) is 0 Å². The summed E-state index contributed by atoms with van der Waals surface area (Å²) in [6.45, 7) is 0. The van der Waals surface area contributed by atoms with Crippen molar-refractivity contribution in [2.24, 2.45) is 0 Å². The summed E-state index contributed by atoms with van der Waals surface area (Å²) in [4.78, 5) is 0. The molecular formula is CH2BIO. The van der Waals surface area contributed by atoms with Crippen LogP contribution in [-0.4, -0.2) is 12.7 Å². The Balaban J connectivity index is 1.97. The van der Waals surface area contributed by atoms with E-state index in [0.29, 0.717) is 4.61 Å². The van der Waals surface area contributed by atoms with E-state index in [4.69, 9.17) is 0 Å². The minimum absolute atomic E-state index is 0.567. The van der Waals surface area contributed by atoms with Crippen LogP contribution < -0.4 is 0 Å². The van der Waals surface area contributed by atoms with Gasteiger partial charge in [-0.2, -0.15) is 0 Å². The second-order valence-electron chi connectivity index (χ2n) is 0.276. The third-order valence-electron chi connectivity index (χ3n) is 0.0630. The van der Waals surface area contributed by atoms with Crippen molar-refractivity contribution in [3.8, 4) is 0 Å². The van der Waals surface area contributed by atoms with E-state index < -0.39 is 0 Å². The lowest BCUT2D eigenvalue weighted by atomic mass is 10.6. The van der Waals surface area contributed by atoms with Crippen LogP contribution in [0, 0.1) is 0 Å². The summed E-state index contributed by atoms with van der Waals surface area (Å²) in [5.41, 5.74) is 0. The molecule has 0 fully saturated rings. The van der Waals surface area contributed by atoms with Gasteiger partial charge >= 0.3 is 0 Å². The summed E-state index contributed by atoms with van der Waals surface area (Å²) in [5, 5.41) is 0. The number of halogens is 1. The molecule has 0 aliphatic heterocycles. The van der Waals surface area contributed by atoms with E-state index in [1.54, 1.807) is 0 Å². The van der Waals surface area contributed by atoms with Gasteiger partial charge in [-0.3, -0.25) is 0 Å². The molecule has 0 saturated carbocycles. The van der Waals surface area contributed by atoms with Crippen LogP contribution in [0.25, 0.3) is 0 Å². The van der Waals surface area contributed by atoms with Crippen LogP contribution in [0.2, 0.25) is 0 Å². The topological polar surface area (TPSA) is 9.23 Å². The van der Waals surface area contributed by atoms with Gasteiger partial charge in [0.2, 0.25) is 0 Å². The van der Waals surface area contributed by atoms with E-state index in [9.17, 15) is 0 Å². The van der Waals surface area contributed by atoms with Crippen molar-refractivity contribution in [2.75, 3.05) is 4.61 Å². The van der Waals surface area contributed by atoms with Crippen LogP contribution >= 0.6 is 22.6 Å². The van der Waals surface area contributed by atoms with Gasteiger partial charge in [-0.25, -0.2) is 0 Å². The maximum absolute atomic E-state index is 4.52. The van der Waals surface area contributed by atoms with E-state index in [1.807, 2.05) is 22.6 Å². The standard InChI is InChI=1S/CH2BIO/c2-4-1-3/h1H2. The first kappa shape index (κ1) is 4.75. The first-order valence-corrected chi connectivity index (χ1v) is 2.32. The highest BCUT2D eigenvalue weighted by Gasteiger charge is 1.55. The molecule has 22 valence electrons. The fraction of sp³-hybridized carbons (Fsp3) is 1.00. The van der Waals surface area contributed by atoms with Crippen LogP contribution in [-0.2, 0) is 4.65 Å². The molecule has 0 N–H and O–H groups in total. The summed E-state index contributed by atoms with van der Waals surface area (Å²) >= 11 is 2.00. The Bertz CT molecular complexity index is 10.0. The fourth-order valence-electron chi connectivity index (χ4n) is 0. The van der Waals surface area contributed by atoms with Gasteiger partial charge in [-0.15, -0.1) is 0 Å². The summed E-state index contributed by atoms with van der Waals surface area (Å²) in [7, 11) is 4.52. The van der Waals surface area contributed by atoms with Crippen molar-refractivity contribution in [3.63, 3.8) is 0 Å². The predicted octanol–water partition coefficient (Wildman–Crippen LogP) is 0.479. The maximum atomic E-state index is 4.52. The van der Waals surface area contributed by atoms with Crippen molar-refractivity contribution in [3.05, 3.63) is 0 Å². The van der Waals surface area contributed by atoms with Crippen LogP contribution in [0.1, 0.15) is 0 Å². The largest absolute Gasteiger partial charge is 0.439 e. The molecule has 0 atom stereocenters. The molecule has 0 aromatic rings. The second-order valence-corrected chi connectivity index (χ2v) is 0.899. The first-order chi connectivity index (χ1) is 1.91. The highest BCUT2D eigenvalue weighted by Crippen LogP contribution is 1.73. The summed E-state index contributed by atoms with van der Waals surface area (Å²) < 4.78 is 4.60. The molecule has 0 aliphatic carbocycles. The van der Waals surface area contributed by atoms with Crippen LogP contribution in [0.15, 0.2) is 0 Å². The average molecular weight is 168 g/mol. The first-order valence-electron chi connectivity index (χ1n) is 0.792. The molecule has 1 nitrogen and oxygen atoms in total. The highest BCUT2D eigenvalue weighted by atomic mass is 127. The molecule has 0 bridgehead atoms. The molecule has 4 heavy (non-hydrogen) atoms. The van der Waals surface area contributed by atoms with Gasteiger partial charge in [-0.05, 0) is 0 Å². The Morgan fingerprint density at radius 1 is 2.00 bits per heavy atom. The van der Waals surface area contributed by atoms with Crippen molar-refractivity contribution in [1.29, 1.82) is 0 Å². The van der Waals surface area contributed by atoms with Crippen molar-refractivity contribution in [2.45, 2.75) is 0 Å². The van der Waals surface area contributed by atoms with Gasteiger partial charge < -0.3 is 4.65 Å². The Morgan fingerprint density at radius 2 is 2.25 bits per heavy atom. The number of hydrogen-bond acceptors (Lipinski definition) is 1. The summed E-state index contributed by atoms with van der Waals surface area (Å²) in [6.07, 6.45) is 0. The number of alkyl halides is 1. The molecule has 0 aliphatic rings. The third kappa shape index (κ3) is 2.75.